The van der Waals surface area contributed by atoms with Crippen molar-refractivity contribution in [3.8, 4) is 5.75 Å². The number of sulfonamides is 1. The molecule has 0 spiro atoms. The summed E-state index contributed by atoms with van der Waals surface area (Å²) in [7, 11) is -2.36. The van der Waals surface area contributed by atoms with Crippen molar-refractivity contribution in [2.24, 2.45) is 5.92 Å². The third-order valence-corrected chi connectivity index (χ3v) is 7.09. The zero-order valence-corrected chi connectivity index (χ0v) is 19.0. The van der Waals surface area contributed by atoms with Crippen LogP contribution in [0.1, 0.15) is 42.2 Å². The zero-order chi connectivity index (χ0) is 22.4. The van der Waals surface area contributed by atoms with Gasteiger partial charge in [-0.15, -0.1) is 10.2 Å². The molecule has 3 aromatic rings. The molecule has 1 atom stereocenters. The van der Waals surface area contributed by atoms with E-state index in [0.29, 0.717) is 17.7 Å². The number of amides is 1. The van der Waals surface area contributed by atoms with E-state index in [-0.39, 0.29) is 21.3 Å². The van der Waals surface area contributed by atoms with Gasteiger partial charge >= 0.3 is 0 Å². The van der Waals surface area contributed by atoms with Crippen LogP contribution >= 0.6 is 11.3 Å². The second-order valence-corrected chi connectivity index (χ2v) is 10.1. The maximum Gasteiger partial charge on any atom is 0.270 e. The number of methoxy groups -OCH3 is 1. The smallest absolute Gasteiger partial charge is 0.270 e. The zero-order valence-electron chi connectivity index (χ0n) is 17.4. The van der Waals surface area contributed by atoms with Crippen molar-refractivity contribution in [3.63, 3.8) is 0 Å². The van der Waals surface area contributed by atoms with Crippen LogP contribution in [0, 0.1) is 5.92 Å². The quantitative estimate of drug-likeness (QED) is 0.469. The molecule has 0 saturated carbocycles. The highest BCUT2D eigenvalue weighted by Gasteiger charge is 2.26. The lowest BCUT2D eigenvalue weighted by atomic mass is 9.98. The minimum Gasteiger partial charge on any atom is -0.497 e. The lowest BCUT2D eigenvalue weighted by Gasteiger charge is -2.20. The Bertz CT molecular complexity index is 1110. The number of nitrogens with zero attached hydrogens (tertiary/aromatic N) is 2. The van der Waals surface area contributed by atoms with Crippen molar-refractivity contribution < 1.29 is 17.9 Å². The summed E-state index contributed by atoms with van der Waals surface area (Å²) in [5, 5.41) is 10.3. The van der Waals surface area contributed by atoms with Gasteiger partial charge in [0, 0.05) is 11.6 Å². The molecule has 8 nitrogen and oxygen atoms in total. The van der Waals surface area contributed by atoms with Crippen LogP contribution in [0.4, 0.5) is 5.13 Å². The molecule has 0 fully saturated rings. The summed E-state index contributed by atoms with van der Waals surface area (Å²) < 4.78 is 33.6. The van der Waals surface area contributed by atoms with Gasteiger partial charge in [0.2, 0.25) is 9.47 Å². The van der Waals surface area contributed by atoms with E-state index in [9.17, 15) is 13.2 Å². The fourth-order valence-corrected chi connectivity index (χ4v) is 5.07. The van der Waals surface area contributed by atoms with Crippen molar-refractivity contribution in [3.05, 3.63) is 65.7 Å². The van der Waals surface area contributed by atoms with Gasteiger partial charge in [0.1, 0.15) is 5.75 Å². The van der Waals surface area contributed by atoms with Crippen LogP contribution in [-0.4, -0.2) is 31.6 Å². The molecule has 0 saturated heterocycles. The van der Waals surface area contributed by atoms with E-state index in [1.165, 1.54) is 0 Å². The number of nitrogens with one attached hydrogen (secondary N) is 2. The Labute approximate surface area is 185 Å². The molecular weight excluding hydrogens is 436 g/mol. The predicted molar refractivity (Wildman–Crippen MR) is 120 cm³/mol. The molecule has 10 heteroatoms. The molecule has 164 valence electrons. The SMILES string of the molecule is COc1ccc([C@H](CC(C)C)NS(=O)(=O)c2nnc(NC(=O)c3ccccc3)s2)cc1. The summed E-state index contributed by atoms with van der Waals surface area (Å²) in [6.45, 7) is 4.04. The van der Waals surface area contributed by atoms with E-state index in [2.05, 4.69) is 20.2 Å². The maximum atomic E-state index is 12.9. The van der Waals surface area contributed by atoms with Crippen molar-refractivity contribution in [1.82, 2.24) is 14.9 Å². The summed E-state index contributed by atoms with van der Waals surface area (Å²) in [4.78, 5) is 12.3. The third-order valence-electron chi connectivity index (χ3n) is 4.42. The standard InChI is InChI=1S/C21H24N4O4S2/c1-14(2)13-18(15-9-11-17(29-3)12-10-15)25-31(27,28)21-24-23-20(30-21)22-19(26)16-7-5-4-6-8-16/h4-12,14,18,25H,13H2,1-3H3,(H,22,23,26)/t18-/m0/s1. The monoisotopic (exact) mass is 460 g/mol. The molecule has 0 bridgehead atoms. The van der Waals surface area contributed by atoms with E-state index >= 15 is 0 Å². The first-order chi connectivity index (χ1) is 14.8. The van der Waals surface area contributed by atoms with E-state index < -0.39 is 16.1 Å². The number of hydrogen-bond acceptors (Lipinski definition) is 7. The third kappa shape index (κ3) is 6.09. The molecule has 2 N–H and O–H groups in total. The number of carbonyl (C=O) groups excluding carboxylic acids is 1. The van der Waals surface area contributed by atoms with E-state index in [4.69, 9.17) is 4.74 Å². The summed E-state index contributed by atoms with van der Waals surface area (Å²) >= 11 is 0.800. The molecule has 1 amide bonds. The molecule has 0 aliphatic heterocycles. The van der Waals surface area contributed by atoms with Gasteiger partial charge in [-0.3, -0.25) is 10.1 Å². The van der Waals surface area contributed by atoms with Gasteiger partial charge in [0.05, 0.1) is 7.11 Å². The molecule has 0 aliphatic carbocycles. The summed E-state index contributed by atoms with van der Waals surface area (Å²) in [6, 6.07) is 15.4. The summed E-state index contributed by atoms with van der Waals surface area (Å²) in [6.07, 6.45) is 0.599. The minimum absolute atomic E-state index is 0.110. The lowest BCUT2D eigenvalue weighted by molar-refractivity contribution is 0.102. The highest BCUT2D eigenvalue weighted by molar-refractivity contribution is 7.91. The van der Waals surface area contributed by atoms with Crippen LogP contribution in [0.2, 0.25) is 0 Å². The normalized spacial score (nSPS) is 12.5. The number of anilines is 1. The van der Waals surface area contributed by atoms with Crippen LogP contribution in [0.15, 0.2) is 58.9 Å². The van der Waals surface area contributed by atoms with E-state index in [1.807, 2.05) is 26.0 Å². The Morgan fingerprint density at radius 2 is 1.74 bits per heavy atom. The second kappa shape index (κ2) is 9.99. The molecule has 1 aromatic heterocycles. The molecule has 3 rings (SSSR count). The Morgan fingerprint density at radius 3 is 2.35 bits per heavy atom. The van der Waals surface area contributed by atoms with Crippen LogP contribution < -0.4 is 14.8 Å². The highest BCUT2D eigenvalue weighted by Crippen LogP contribution is 2.27. The molecule has 1 heterocycles. The Kier molecular flexibility index (Phi) is 7.37. The predicted octanol–water partition coefficient (Wildman–Crippen LogP) is 3.86. The van der Waals surface area contributed by atoms with Gasteiger partial charge < -0.3 is 4.74 Å². The minimum atomic E-state index is -3.94. The number of ether oxygens (including phenoxy) is 1. The molecular formula is C21H24N4O4S2. The summed E-state index contributed by atoms with van der Waals surface area (Å²) in [5.41, 5.74) is 1.26. The molecule has 31 heavy (non-hydrogen) atoms. The van der Waals surface area contributed by atoms with Gasteiger partial charge in [0.15, 0.2) is 0 Å². The molecule has 2 aromatic carbocycles. The molecule has 0 aliphatic rings. The van der Waals surface area contributed by atoms with Gasteiger partial charge in [-0.05, 0) is 42.2 Å². The van der Waals surface area contributed by atoms with Crippen molar-refractivity contribution in [2.45, 2.75) is 30.6 Å². The van der Waals surface area contributed by atoms with Gasteiger partial charge in [-0.1, -0.05) is 55.5 Å². The van der Waals surface area contributed by atoms with Crippen molar-refractivity contribution >= 4 is 32.4 Å². The number of aromatic nitrogens is 2. The van der Waals surface area contributed by atoms with Gasteiger partial charge in [0.25, 0.3) is 15.9 Å². The first-order valence-electron chi connectivity index (χ1n) is 9.64. The number of carbonyl (C=O) groups is 1. The highest BCUT2D eigenvalue weighted by atomic mass is 32.2. The average Bonchev–Trinajstić information content (AvgIpc) is 3.23. The number of rotatable bonds is 9. The fraction of sp³-hybridized carbons (Fsp3) is 0.286. The van der Waals surface area contributed by atoms with Crippen LogP contribution in [0.5, 0.6) is 5.75 Å². The van der Waals surface area contributed by atoms with E-state index in [1.54, 1.807) is 49.6 Å². The second-order valence-electron chi connectivity index (χ2n) is 7.27. The van der Waals surface area contributed by atoms with Crippen LogP contribution in [0.25, 0.3) is 0 Å². The average molecular weight is 461 g/mol. The maximum absolute atomic E-state index is 12.9. The van der Waals surface area contributed by atoms with E-state index in [0.717, 1.165) is 16.9 Å². The molecule has 0 unspecified atom stereocenters. The number of benzene rings is 2. The molecule has 0 radical (unpaired) electrons. The Balaban J connectivity index is 1.77. The summed E-state index contributed by atoms with van der Waals surface area (Å²) in [5.74, 6) is 0.562. The van der Waals surface area contributed by atoms with Crippen molar-refractivity contribution in [2.75, 3.05) is 12.4 Å². The first kappa shape index (κ1) is 22.9. The lowest BCUT2D eigenvalue weighted by Crippen LogP contribution is -2.29. The fourth-order valence-electron chi connectivity index (χ4n) is 2.93. The van der Waals surface area contributed by atoms with Crippen molar-refractivity contribution in [1.29, 1.82) is 0 Å². The van der Waals surface area contributed by atoms with Crippen LogP contribution in [0.3, 0.4) is 0 Å². The van der Waals surface area contributed by atoms with Gasteiger partial charge in [-0.2, -0.15) is 0 Å². The largest absolute Gasteiger partial charge is 0.497 e. The first-order valence-corrected chi connectivity index (χ1v) is 11.9. The Hall–Kier alpha value is -2.82. The van der Waals surface area contributed by atoms with Crippen LogP contribution in [-0.2, 0) is 10.0 Å². The number of hydrogen-bond donors (Lipinski definition) is 2. The Morgan fingerprint density at radius 1 is 1.06 bits per heavy atom. The van der Waals surface area contributed by atoms with Gasteiger partial charge in [-0.25, -0.2) is 13.1 Å². The topological polar surface area (TPSA) is 110 Å².